The number of aliphatic hydroxyl groups is 1. The Hall–Kier alpha value is -1.95. The van der Waals surface area contributed by atoms with Gasteiger partial charge in [0.25, 0.3) is 5.91 Å². The number of likely N-dealkylation sites (tertiary alicyclic amines) is 1. The number of carbonyl (C=O) groups excluding carboxylic acids is 1. The number of amides is 1. The molecular formula is C15H20N4O2. The molecule has 1 fully saturated rings. The van der Waals surface area contributed by atoms with Gasteiger partial charge in [0, 0.05) is 23.8 Å². The number of carbonyl (C=O) groups is 1. The van der Waals surface area contributed by atoms with Crippen LogP contribution >= 0.6 is 0 Å². The third-order valence-electron chi connectivity index (χ3n) is 4.18. The molecule has 3 rings (SSSR count). The second-order valence-corrected chi connectivity index (χ2v) is 6.25. The van der Waals surface area contributed by atoms with Gasteiger partial charge in [-0.25, -0.2) is 4.98 Å². The molecule has 0 aromatic carbocycles. The molecule has 2 aromatic rings. The molecule has 2 aromatic heterocycles. The molecule has 1 aliphatic heterocycles. The van der Waals surface area contributed by atoms with Crippen LogP contribution < -0.4 is 0 Å². The third-order valence-corrected chi connectivity index (χ3v) is 4.18. The van der Waals surface area contributed by atoms with Crippen LogP contribution in [0.3, 0.4) is 0 Å². The van der Waals surface area contributed by atoms with Crippen molar-refractivity contribution in [2.24, 2.45) is 0 Å². The second-order valence-electron chi connectivity index (χ2n) is 6.25. The van der Waals surface area contributed by atoms with Crippen LogP contribution in [0.2, 0.25) is 0 Å². The summed E-state index contributed by atoms with van der Waals surface area (Å²) in [5.41, 5.74) is 1.16. The van der Waals surface area contributed by atoms with Gasteiger partial charge in [0.2, 0.25) is 0 Å². The predicted molar refractivity (Wildman–Crippen MR) is 79.0 cm³/mol. The number of hydrogen-bond donors (Lipinski definition) is 2. The summed E-state index contributed by atoms with van der Waals surface area (Å²) in [6, 6.07) is 1.68. The van der Waals surface area contributed by atoms with E-state index in [1.807, 2.05) is 13.0 Å². The summed E-state index contributed by atoms with van der Waals surface area (Å²) in [4.78, 5) is 18.7. The summed E-state index contributed by atoms with van der Waals surface area (Å²) in [5.74, 6) is -0.0744. The van der Waals surface area contributed by atoms with E-state index in [-0.39, 0.29) is 11.9 Å². The smallest absolute Gasteiger partial charge is 0.255 e. The van der Waals surface area contributed by atoms with Crippen molar-refractivity contribution in [2.45, 2.75) is 45.3 Å². The molecule has 0 radical (unpaired) electrons. The van der Waals surface area contributed by atoms with Crippen LogP contribution in [0, 0.1) is 6.92 Å². The standard InChI is InChI=1S/C15H20N4O2/c1-9-11-7-10(8-16-13(11)18-17-9)14(20)19-6-4-5-12(19)15(2,3)21/h7-8,12,21H,4-6H2,1-3H3,(H,16,17,18). The van der Waals surface area contributed by atoms with E-state index in [0.717, 1.165) is 23.9 Å². The van der Waals surface area contributed by atoms with Crippen LogP contribution in [0.25, 0.3) is 11.0 Å². The topological polar surface area (TPSA) is 82.1 Å². The van der Waals surface area contributed by atoms with Gasteiger partial charge in [0.05, 0.1) is 17.2 Å². The van der Waals surface area contributed by atoms with E-state index in [9.17, 15) is 9.90 Å². The maximum Gasteiger partial charge on any atom is 0.255 e. The summed E-state index contributed by atoms with van der Waals surface area (Å²) in [7, 11) is 0. The molecule has 0 spiro atoms. The molecule has 6 heteroatoms. The fourth-order valence-electron chi connectivity index (χ4n) is 3.05. The lowest BCUT2D eigenvalue weighted by Gasteiger charge is -2.33. The molecule has 21 heavy (non-hydrogen) atoms. The van der Waals surface area contributed by atoms with Crippen LogP contribution in [0.15, 0.2) is 12.3 Å². The van der Waals surface area contributed by atoms with Gasteiger partial charge in [0.15, 0.2) is 5.65 Å². The largest absolute Gasteiger partial charge is 0.388 e. The highest BCUT2D eigenvalue weighted by Crippen LogP contribution is 2.28. The Morgan fingerprint density at radius 2 is 2.29 bits per heavy atom. The van der Waals surface area contributed by atoms with E-state index in [1.165, 1.54) is 0 Å². The monoisotopic (exact) mass is 288 g/mol. The highest BCUT2D eigenvalue weighted by Gasteiger charge is 2.38. The first-order valence-electron chi connectivity index (χ1n) is 7.22. The summed E-state index contributed by atoms with van der Waals surface area (Å²) in [5, 5.41) is 18.0. The molecule has 1 unspecified atom stereocenters. The van der Waals surface area contributed by atoms with Crippen molar-refractivity contribution in [1.29, 1.82) is 0 Å². The van der Waals surface area contributed by atoms with E-state index in [0.29, 0.717) is 17.8 Å². The number of pyridine rings is 1. The van der Waals surface area contributed by atoms with Crippen molar-refractivity contribution in [1.82, 2.24) is 20.1 Å². The summed E-state index contributed by atoms with van der Waals surface area (Å²) in [6.45, 7) is 6.09. The average molecular weight is 288 g/mol. The van der Waals surface area contributed by atoms with Crippen LogP contribution in [-0.4, -0.2) is 49.3 Å². The first-order chi connectivity index (χ1) is 9.88. The first-order valence-corrected chi connectivity index (χ1v) is 7.22. The molecule has 6 nitrogen and oxygen atoms in total. The third kappa shape index (κ3) is 2.40. The van der Waals surface area contributed by atoms with Crippen LogP contribution in [0.1, 0.15) is 42.7 Å². The van der Waals surface area contributed by atoms with Gasteiger partial charge >= 0.3 is 0 Å². The van der Waals surface area contributed by atoms with E-state index in [4.69, 9.17) is 0 Å². The summed E-state index contributed by atoms with van der Waals surface area (Å²) >= 11 is 0. The molecule has 1 aliphatic rings. The fraction of sp³-hybridized carbons (Fsp3) is 0.533. The number of nitrogens with zero attached hydrogens (tertiary/aromatic N) is 3. The van der Waals surface area contributed by atoms with Gasteiger partial charge in [0.1, 0.15) is 0 Å². The van der Waals surface area contributed by atoms with E-state index >= 15 is 0 Å². The lowest BCUT2D eigenvalue weighted by atomic mass is 9.96. The molecule has 1 saturated heterocycles. The lowest BCUT2D eigenvalue weighted by Crippen LogP contribution is -2.48. The Balaban J connectivity index is 1.94. The zero-order valence-electron chi connectivity index (χ0n) is 12.6. The molecular weight excluding hydrogens is 268 g/mol. The number of aromatic nitrogens is 3. The Kier molecular flexibility index (Phi) is 3.20. The number of aryl methyl sites for hydroxylation is 1. The van der Waals surface area contributed by atoms with Crippen molar-refractivity contribution >= 4 is 16.9 Å². The number of nitrogens with one attached hydrogen (secondary N) is 1. The molecule has 0 bridgehead atoms. The van der Waals surface area contributed by atoms with Gasteiger partial charge in [-0.3, -0.25) is 9.89 Å². The van der Waals surface area contributed by atoms with Crippen molar-refractivity contribution < 1.29 is 9.90 Å². The highest BCUT2D eigenvalue weighted by molar-refractivity contribution is 5.97. The quantitative estimate of drug-likeness (QED) is 0.880. The summed E-state index contributed by atoms with van der Waals surface area (Å²) < 4.78 is 0. The maximum absolute atomic E-state index is 12.7. The Bertz CT molecular complexity index is 687. The van der Waals surface area contributed by atoms with Gasteiger partial charge in [-0.1, -0.05) is 0 Å². The zero-order chi connectivity index (χ0) is 15.2. The molecule has 1 amide bonds. The number of aromatic amines is 1. The van der Waals surface area contributed by atoms with Crippen LogP contribution in [0.4, 0.5) is 0 Å². The van der Waals surface area contributed by atoms with Crippen molar-refractivity contribution in [3.05, 3.63) is 23.5 Å². The lowest BCUT2D eigenvalue weighted by molar-refractivity contribution is 0.000327. The van der Waals surface area contributed by atoms with Gasteiger partial charge in [-0.15, -0.1) is 0 Å². The van der Waals surface area contributed by atoms with Crippen molar-refractivity contribution in [3.8, 4) is 0 Å². The maximum atomic E-state index is 12.7. The number of hydrogen-bond acceptors (Lipinski definition) is 4. The second kappa shape index (κ2) is 4.80. The Labute approximate surface area is 123 Å². The first kappa shape index (κ1) is 14.0. The van der Waals surface area contributed by atoms with E-state index in [2.05, 4.69) is 15.2 Å². The Morgan fingerprint density at radius 3 is 3.00 bits per heavy atom. The normalized spacial score (nSPS) is 19.4. The molecule has 3 heterocycles. The van der Waals surface area contributed by atoms with Gasteiger partial charge < -0.3 is 10.0 Å². The Morgan fingerprint density at radius 1 is 1.52 bits per heavy atom. The summed E-state index contributed by atoms with van der Waals surface area (Å²) in [6.07, 6.45) is 3.31. The number of rotatable bonds is 2. The average Bonchev–Trinajstić information content (AvgIpc) is 3.04. The van der Waals surface area contributed by atoms with Gasteiger partial charge in [-0.05, 0) is 39.7 Å². The predicted octanol–water partition coefficient (Wildman–Crippen LogP) is 1.64. The minimum absolute atomic E-state index is 0.0744. The fourth-order valence-corrected chi connectivity index (χ4v) is 3.05. The SMILES string of the molecule is Cc1[nH]nc2ncc(C(=O)N3CCCC3C(C)(C)O)cc12. The number of fused-ring (bicyclic) bond motifs is 1. The van der Waals surface area contributed by atoms with Crippen LogP contribution in [-0.2, 0) is 0 Å². The van der Waals surface area contributed by atoms with Gasteiger partial charge in [-0.2, -0.15) is 5.10 Å². The van der Waals surface area contributed by atoms with Crippen molar-refractivity contribution in [2.75, 3.05) is 6.54 Å². The highest BCUT2D eigenvalue weighted by atomic mass is 16.3. The minimum Gasteiger partial charge on any atom is -0.388 e. The van der Waals surface area contributed by atoms with Crippen molar-refractivity contribution in [3.63, 3.8) is 0 Å². The molecule has 1 atom stereocenters. The molecule has 0 saturated carbocycles. The minimum atomic E-state index is -0.894. The van der Waals surface area contributed by atoms with E-state index < -0.39 is 5.60 Å². The zero-order valence-corrected chi connectivity index (χ0v) is 12.6. The molecule has 2 N–H and O–H groups in total. The molecule has 112 valence electrons. The van der Waals surface area contributed by atoms with Crippen LogP contribution in [0.5, 0.6) is 0 Å². The number of H-pyrrole nitrogens is 1. The van der Waals surface area contributed by atoms with E-state index in [1.54, 1.807) is 24.9 Å². The molecule has 0 aliphatic carbocycles.